The van der Waals surface area contributed by atoms with Crippen LogP contribution < -0.4 is 0 Å². The third-order valence-corrected chi connectivity index (χ3v) is 8.24. The van der Waals surface area contributed by atoms with E-state index in [0.717, 1.165) is 66.8 Å². The summed E-state index contributed by atoms with van der Waals surface area (Å²) in [5.74, 6) is 8.32. The molecule has 0 amide bonds. The first-order valence-corrected chi connectivity index (χ1v) is 9.30. The lowest BCUT2D eigenvalue weighted by Gasteiger charge is -2.44. The van der Waals surface area contributed by atoms with Crippen LogP contribution in [-0.2, 0) is 4.74 Å². The molecule has 4 fully saturated rings. The van der Waals surface area contributed by atoms with Crippen molar-refractivity contribution in [1.82, 2.24) is 0 Å². The first kappa shape index (κ1) is 14.5. The fourth-order valence-corrected chi connectivity index (χ4v) is 7.37. The molecule has 2 nitrogen and oxygen atoms in total. The van der Waals surface area contributed by atoms with Crippen LogP contribution in [0.2, 0.25) is 0 Å². The van der Waals surface area contributed by atoms with Gasteiger partial charge in [-0.15, -0.1) is 0 Å². The molecular formula is C19H32O2. The zero-order chi connectivity index (χ0) is 14.7. The van der Waals surface area contributed by atoms with E-state index in [4.69, 9.17) is 4.74 Å². The zero-order valence-electron chi connectivity index (χ0n) is 13.9. The maximum Gasteiger partial charge on any atom is 0.0572 e. The van der Waals surface area contributed by atoms with Crippen LogP contribution >= 0.6 is 0 Å². The number of fused-ring (bicyclic) bond motifs is 9. The van der Waals surface area contributed by atoms with Gasteiger partial charge in [0.1, 0.15) is 0 Å². The molecule has 0 aromatic rings. The Morgan fingerprint density at radius 3 is 2.43 bits per heavy atom. The van der Waals surface area contributed by atoms with Crippen LogP contribution in [0.4, 0.5) is 0 Å². The molecular weight excluding hydrogens is 260 g/mol. The Labute approximate surface area is 129 Å². The lowest BCUT2D eigenvalue weighted by molar-refractivity contribution is -0.00925. The molecule has 0 heterocycles. The Hall–Kier alpha value is -0.0800. The van der Waals surface area contributed by atoms with Gasteiger partial charge in [-0.1, -0.05) is 13.8 Å². The molecule has 0 saturated heterocycles. The summed E-state index contributed by atoms with van der Waals surface area (Å²) in [4.78, 5) is 0. The summed E-state index contributed by atoms with van der Waals surface area (Å²) in [6.45, 7) is 5.80. The van der Waals surface area contributed by atoms with Crippen molar-refractivity contribution < 1.29 is 9.84 Å². The highest BCUT2D eigenvalue weighted by Gasteiger charge is 2.66. The number of rotatable bonds is 5. The molecule has 10 atom stereocenters. The van der Waals surface area contributed by atoms with Crippen molar-refractivity contribution in [3.05, 3.63) is 0 Å². The maximum atomic E-state index is 10.7. The third kappa shape index (κ3) is 1.97. The summed E-state index contributed by atoms with van der Waals surface area (Å²) in [6, 6.07) is 0. The van der Waals surface area contributed by atoms with Crippen molar-refractivity contribution in [3.8, 4) is 0 Å². The number of hydrogen-bond acceptors (Lipinski definition) is 2. The van der Waals surface area contributed by atoms with Crippen molar-refractivity contribution in [2.75, 3.05) is 13.7 Å². The smallest absolute Gasteiger partial charge is 0.0572 e. The summed E-state index contributed by atoms with van der Waals surface area (Å²) in [5.41, 5.74) is 0. The first-order chi connectivity index (χ1) is 10.1. The topological polar surface area (TPSA) is 29.5 Å². The van der Waals surface area contributed by atoms with Gasteiger partial charge in [0.25, 0.3) is 0 Å². The summed E-state index contributed by atoms with van der Waals surface area (Å²) in [6.07, 6.45) is 6.16. The summed E-state index contributed by atoms with van der Waals surface area (Å²) in [5, 5.41) is 10.7. The summed E-state index contributed by atoms with van der Waals surface area (Å²) >= 11 is 0. The predicted octanol–water partition coefficient (Wildman–Crippen LogP) is 3.58. The maximum absolute atomic E-state index is 10.7. The molecule has 2 heteroatoms. The van der Waals surface area contributed by atoms with Crippen LogP contribution in [0.25, 0.3) is 0 Å². The minimum absolute atomic E-state index is 0.0667. The molecule has 0 spiro atoms. The minimum Gasteiger partial charge on any atom is -0.393 e. The fourth-order valence-electron chi connectivity index (χ4n) is 7.37. The molecule has 4 aliphatic rings. The lowest BCUT2D eigenvalue weighted by atomic mass is 9.61. The van der Waals surface area contributed by atoms with Gasteiger partial charge in [0, 0.05) is 13.7 Å². The SMILES string of the molecule is COCCCC(O)C1CC2CC1C1C3CC(C(C)C3C)C21. The van der Waals surface area contributed by atoms with Crippen LogP contribution in [0.1, 0.15) is 46.0 Å². The van der Waals surface area contributed by atoms with E-state index in [-0.39, 0.29) is 6.10 Å². The lowest BCUT2D eigenvalue weighted by Crippen LogP contribution is -2.41. The van der Waals surface area contributed by atoms with Crippen molar-refractivity contribution in [2.45, 2.75) is 52.1 Å². The fraction of sp³-hybridized carbons (Fsp3) is 1.00. The minimum atomic E-state index is -0.0667. The second-order valence-corrected chi connectivity index (χ2v) is 8.70. The molecule has 0 aromatic carbocycles. The van der Waals surface area contributed by atoms with E-state index < -0.39 is 0 Å². The van der Waals surface area contributed by atoms with E-state index in [2.05, 4.69) is 13.8 Å². The van der Waals surface area contributed by atoms with E-state index in [1.165, 1.54) is 19.3 Å². The molecule has 0 aromatic heterocycles. The number of ether oxygens (including phenoxy) is 1. The van der Waals surface area contributed by atoms with Gasteiger partial charge >= 0.3 is 0 Å². The molecule has 4 rings (SSSR count). The quantitative estimate of drug-likeness (QED) is 0.620. The Morgan fingerprint density at radius 1 is 1.00 bits per heavy atom. The van der Waals surface area contributed by atoms with Crippen LogP contribution in [0, 0.1) is 53.3 Å². The predicted molar refractivity (Wildman–Crippen MR) is 83.7 cm³/mol. The van der Waals surface area contributed by atoms with Crippen LogP contribution in [0.3, 0.4) is 0 Å². The van der Waals surface area contributed by atoms with Gasteiger partial charge in [0.15, 0.2) is 0 Å². The standard InChI is InChI=1S/C19H32O2/c1-10-11(2)14-9-13(10)18-12-7-15(16(8-12)19(14)18)17(20)5-4-6-21-3/h10-20H,4-9H2,1-3H3. The third-order valence-electron chi connectivity index (χ3n) is 8.24. The Bertz CT molecular complexity index is 395. The van der Waals surface area contributed by atoms with E-state index >= 15 is 0 Å². The second-order valence-electron chi connectivity index (χ2n) is 8.70. The zero-order valence-corrected chi connectivity index (χ0v) is 13.9. The summed E-state index contributed by atoms with van der Waals surface area (Å²) < 4.78 is 5.14. The highest BCUT2D eigenvalue weighted by Crippen LogP contribution is 2.71. The first-order valence-electron chi connectivity index (χ1n) is 9.30. The Morgan fingerprint density at radius 2 is 1.71 bits per heavy atom. The van der Waals surface area contributed by atoms with Gasteiger partial charge in [-0.25, -0.2) is 0 Å². The van der Waals surface area contributed by atoms with Crippen molar-refractivity contribution in [2.24, 2.45) is 53.3 Å². The highest BCUT2D eigenvalue weighted by molar-refractivity contribution is 5.14. The molecule has 10 unspecified atom stereocenters. The van der Waals surface area contributed by atoms with E-state index in [1.807, 2.05) is 0 Å². The van der Waals surface area contributed by atoms with E-state index in [9.17, 15) is 5.11 Å². The molecule has 0 aliphatic heterocycles. The molecule has 21 heavy (non-hydrogen) atoms. The average molecular weight is 292 g/mol. The molecule has 0 radical (unpaired) electrons. The van der Waals surface area contributed by atoms with Crippen LogP contribution in [-0.4, -0.2) is 24.9 Å². The highest BCUT2D eigenvalue weighted by atomic mass is 16.5. The molecule has 4 bridgehead atoms. The van der Waals surface area contributed by atoms with Crippen LogP contribution in [0.15, 0.2) is 0 Å². The summed E-state index contributed by atoms with van der Waals surface area (Å²) in [7, 11) is 1.76. The van der Waals surface area contributed by atoms with Crippen molar-refractivity contribution in [1.29, 1.82) is 0 Å². The van der Waals surface area contributed by atoms with Gasteiger partial charge in [-0.3, -0.25) is 0 Å². The Kier molecular flexibility index (Phi) is 3.61. The molecule has 120 valence electrons. The average Bonchev–Trinajstić information content (AvgIpc) is 3.19. The number of hydrogen-bond donors (Lipinski definition) is 1. The number of methoxy groups -OCH3 is 1. The molecule has 4 aliphatic carbocycles. The number of aliphatic hydroxyl groups is 1. The normalized spacial score (nSPS) is 55.1. The van der Waals surface area contributed by atoms with Gasteiger partial charge in [-0.05, 0) is 85.4 Å². The molecule has 1 N–H and O–H groups in total. The largest absolute Gasteiger partial charge is 0.393 e. The van der Waals surface area contributed by atoms with Crippen molar-refractivity contribution >= 4 is 0 Å². The van der Waals surface area contributed by atoms with Gasteiger partial charge in [-0.2, -0.15) is 0 Å². The second kappa shape index (κ2) is 5.23. The van der Waals surface area contributed by atoms with Crippen molar-refractivity contribution in [3.63, 3.8) is 0 Å². The Balaban J connectivity index is 1.45. The van der Waals surface area contributed by atoms with Gasteiger partial charge in [0.05, 0.1) is 6.10 Å². The number of aliphatic hydroxyl groups excluding tert-OH is 1. The monoisotopic (exact) mass is 292 g/mol. The van der Waals surface area contributed by atoms with E-state index in [1.54, 1.807) is 7.11 Å². The van der Waals surface area contributed by atoms with Gasteiger partial charge < -0.3 is 9.84 Å². The van der Waals surface area contributed by atoms with Gasteiger partial charge in [0.2, 0.25) is 0 Å². The van der Waals surface area contributed by atoms with Crippen LogP contribution in [0.5, 0.6) is 0 Å². The van der Waals surface area contributed by atoms with E-state index in [0.29, 0.717) is 5.92 Å². The molecule has 4 saturated carbocycles.